The molecule has 0 aliphatic heterocycles. The van der Waals surface area contributed by atoms with Crippen LogP contribution in [0.25, 0.3) is 11.1 Å². The van der Waals surface area contributed by atoms with Crippen LogP contribution >= 0.6 is 11.6 Å². The lowest BCUT2D eigenvalue weighted by Crippen LogP contribution is -2.27. The van der Waals surface area contributed by atoms with Crippen LogP contribution in [0.3, 0.4) is 0 Å². The average molecular weight is 320 g/mol. The molecular formula is C17H18ClNO3. The predicted molar refractivity (Wildman–Crippen MR) is 87.6 cm³/mol. The molecule has 0 aromatic heterocycles. The first kappa shape index (κ1) is 16.2. The fraction of sp³-hybridized carbons (Fsp3) is 0.235. The van der Waals surface area contributed by atoms with E-state index >= 15 is 0 Å². The van der Waals surface area contributed by atoms with E-state index in [2.05, 4.69) is 0 Å². The van der Waals surface area contributed by atoms with Crippen molar-refractivity contribution in [1.82, 2.24) is 4.90 Å². The van der Waals surface area contributed by atoms with Crippen LogP contribution in [-0.4, -0.2) is 38.6 Å². The van der Waals surface area contributed by atoms with Crippen molar-refractivity contribution in [2.45, 2.75) is 0 Å². The summed E-state index contributed by atoms with van der Waals surface area (Å²) in [6, 6.07) is 13.0. The third kappa shape index (κ3) is 4.15. The molecule has 2 rings (SSSR count). The number of hydrogen-bond donors (Lipinski definition) is 0. The molecule has 2 aromatic carbocycles. The predicted octanol–water partition coefficient (Wildman–Crippen LogP) is 3.48. The van der Waals surface area contributed by atoms with Crippen molar-refractivity contribution >= 4 is 17.5 Å². The van der Waals surface area contributed by atoms with Gasteiger partial charge in [-0.05, 0) is 35.4 Å². The standard InChI is InChI=1S/C17H18ClNO3/c1-19(2)17(20)11-22-16-9-13(8-15(10-16)21-3)12-4-6-14(18)7-5-12/h4-10H,11H2,1-3H3. The lowest BCUT2D eigenvalue weighted by molar-refractivity contribution is -0.130. The number of halogens is 1. The molecule has 0 saturated carbocycles. The smallest absolute Gasteiger partial charge is 0.259 e. The SMILES string of the molecule is COc1cc(OCC(=O)N(C)C)cc(-c2ccc(Cl)cc2)c1. The van der Waals surface area contributed by atoms with Gasteiger partial charge in [-0.3, -0.25) is 4.79 Å². The number of hydrogen-bond acceptors (Lipinski definition) is 3. The molecule has 0 bridgehead atoms. The second-order valence-corrected chi connectivity index (χ2v) is 5.42. The average Bonchev–Trinajstić information content (AvgIpc) is 2.52. The molecule has 0 saturated heterocycles. The van der Waals surface area contributed by atoms with Crippen molar-refractivity contribution in [3.8, 4) is 22.6 Å². The lowest BCUT2D eigenvalue weighted by atomic mass is 10.1. The molecule has 0 aliphatic rings. The monoisotopic (exact) mass is 319 g/mol. The Labute approximate surface area is 135 Å². The van der Waals surface area contributed by atoms with Crippen molar-refractivity contribution in [1.29, 1.82) is 0 Å². The molecule has 0 aliphatic carbocycles. The number of carbonyl (C=O) groups is 1. The van der Waals surface area contributed by atoms with Gasteiger partial charge in [-0.15, -0.1) is 0 Å². The van der Waals surface area contributed by atoms with Crippen LogP contribution in [0.15, 0.2) is 42.5 Å². The molecule has 0 N–H and O–H groups in total. The Balaban J connectivity index is 2.26. The third-order valence-electron chi connectivity index (χ3n) is 3.15. The van der Waals surface area contributed by atoms with Crippen LogP contribution in [-0.2, 0) is 4.79 Å². The third-order valence-corrected chi connectivity index (χ3v) is 3.41. The molecule has 116 valence electrons. The normalized spacial score (nSPS) is 10.2. The van der Waals surface area contributed by atoms with Gasteiger partial charge in [-0.1, -0.05) is 23.7 Å². The van der Waals surface area contributed by atoms with Gasteiger partial charge in [0.2, 0.25) is 0 Å². The lowest BCUT2D eigenvalue weighted by Gasteiger charge is -2.13. The fourth-order valence-electron chi connectivity index (χ4n) is 1.86. The molecule has 0 heterocycles. The van der Waals surface area contributed by atoms with Gasteiger partial charge in [0, 0.05) is 25.2 Å². The van der Waals surface area contributed by atoms with Gasteiger partial charge in [0.1, 0.15) is 11.5 Å². The van der Waals surface area contributed by atoms with Gasteiger partial charge < -0.3 is 14.4 Å². The van der Waals surface area contributed by atoms with E-state index in [1.165, 1.54) is 4.90 Å². The molecule has 4 nitrogen and oxygen atoms in total. The molecule has 0 spiro atoms. The van der Waals surface area contributed by atoms with E-state index in [4.69, 9.17) is 21.1 Å². The van der Waals surface area contributed by atoms with Crippen LogP contribution in [0.1, 0.15) is 0 Å². The van der Waals surface area contributed by atoms with Crippen molar-refractivity contribution in [3.05, 3.63) is 47.5 Å². The highest BCUT2D eigenvalue weighted by Gasteiger charge is 2.08. The Morgan fingerprint density at radius 2 is 1.68 bits per heavy atom. The summed E-state index contributed by atoms with van der Waals surface area (Å²) in [5.74, 6) is 1.15. The molecule has 22 heavy (non-hydrogen) atoms. The highest BCUT2D eigenvalue weighted by molar-refractivity contribution is 6.30. The van der Waals surface area contributed by atoms with Gasteiger partial charge in [-0.2, -0.15) is 0 Å². The number of ether oxygens (including phenoxy) is 2. The van der Waals surface area contributed by atoms with E-state index in [0.29, 0.717) is 16.5 Å². The maximum Gasteiger partial charge on any atom is 0.259 e. The fourth-order valence-corrected chi connectivity index (χ4v) is 1.98. The Kier molecular flexibility index (Phi) is 5.28. The van der Waals surface area contributed by atoms with Gasteiger partial charge >= 0.3 is 0 Å². The quantitative estimate of drug-likeness (QED) is 0.847. The first-order valence-corrected chi connectivity index (χ1v) is 7.15. The number of likely N-dealkylation sites (N-methyl/N-ethyl adjacent to an activating group) is 1. The van der Waals surface area contributed by atoms with Crippen LogP contribution in [0.4, 0.5) is 0 Å². The Morgan fingerprint density at radius 1 is 1.05 bits per heavy atom. The first-order chi connectivity index (χ1) is 10.5. The van der Waals surface area contributed by atoms with Crippen molar-refractivity contribution in [3.63, 3.8) is 0 Å². The largest absolute Gasteiger partial charge is 0.497 e. The Bertz CT molecular complexity index is 653. The molecule has 0 atom stereocenters. The van der Waals surface area contributed by atoms with E-state index in [0.717, 1.165) is 11.1 Å². The first-order valence-electron chi connectivity index (χ1n) is 6.77. The van der Waals surface area contributed by atoms with Crippen molar-refractivity contribution < 1.29 is 14.3 Å². The summed E-state index contributed by atoms with van der Waals surface area (Å²) in [5, 5.41) is 0.680. The summed E-state index contributed by atoms with van der Waals surface area (Å²) in [7, 11) is 4.97. The number of methoxy groups -OCH3 is 1. The molecule has 0 unspecified atom stereocenters. The molecular weight excluding hydrogens is 302 g/mol. The summed E-state index contributed by atoms with van der Waals surface area (Å²) in [6.07, 6.45) is 0. The molecule has 0 radical (unpaired) electrons. The highest BCUT2D eigenvalue weighted by Crippen LogP contribution is 2.30. The van der Waals surface area contributed by atoms with Crippen LogP contribution in [0.5, 0.6) is 11.5 Å². The van der Waals surface area contributed by atoms with Gasteiger partial charge in [0.05, 0.1) is 7.11 Å². The van der Waals surface area contributed by atoms with Crippen molar-refractivity contribution in [2.24, 2.45) is 0 Å². The topological polar surface area (TPSA) is 38.8 Å². The Hall–Kier alpha value is -2.20. The summed E-state index contributed by atoms with van der Waals surface area (Å²) in [5.41, 5.74) is 1.93. The number of rotatable bonds is 5. The zero-order chi connectivity index (χ0) is 16.1. The summed E-state index contributed by atoms with van der Waals surface area (Å²) in [4.78, 5) is 13.1. The summed E-state index contributed by atoms with van der Waals surface area (Å²) in [6.45, 7) is -0.0137. The molecule has 1 amide bonds. The second-order valence-electron chi connectivity index (χ2n) is 4.98. The van der Waals surface area contributed by atoms with Gasteiger partial charge in [0.15, 0.2) is 6.61 Å². The molecule has 2 aromatic rings. The minimum atomic E-state index is -0.101. The Morgan fingerprint density at radius 3 is 2.27 bits per heavy atom. The van der Waals surface area contributed by atoms with Crippen LogP contribution in [0.2, 0.25) is 5.02 Å². The van der Waals surface area contributed by atoms with E-state index in [1.54, 1.807) is 27.3 Å². The maximum absolute atomic E-state index is 11.6. The van der Waals surface area contributed by atoms with Crippen molar-refractivity contribution in [2.75, 3.05) is 27.8 Å². The summed E-state index contributed by atoms with van der Waals surface area (Å²) < 4.78 is 10.9. The van der Waals surface area contributed by atoms with E-state index in [9.17, 15) is 4.79 Å². The molecule has 5 heteroatoms. The maximum atomic E-state index is 11.6. The minimum absolute atomic E-state index is 0.0137. The van der Waals surface area contributed by atoms with Crippen LogP contribution in [0, 0.1) is 0 Å². The number of nitrogens with zero attached hydrogens (tertiary/aromatic N) is 1. The number of carbonyl (C=O) groups excluding carboxylic acids is 1. The van der Waals surface area contributed by atoms with E-state index in [1.807, 2.05) is 36.4 Å². The molecule has 0 fully saturated rings. The summed E-state index contributed by atoms with van der Waals surface area (Å²) >= 11 is 5.91. The zero-order valence-corrected chi connectivity index (χ0v) is 13.6. The number of benzene rings is 2. The second kappa shape index (κ2) is 7.18. The minimum Gasteiger partial charge on any atom is -0.497 e. The zero-order valence-electron chi connectivity index (χ0n) is 12.8. The van der Waals surface area contributed by atoms with E-state index in [-0.39, 0.29) is 12.5 Å². The van der Waals surface area contributed by atoms with Gasteiger partial charge in [0.25, 0.3) is 5.91 Å². The number of amides is 1. The van der Waals surface area contributed by atoms with Gasteiger partial charge in [-0.25, -0.2) is 0 Å². The highest BCUT2D eigenvalue weighted by atomic mass is 35.5. The van der Waals surface area contributed by atoms with Crippen LogP contribution < -0.4 is 9.47 Å². The van der Waals surface area contributed by atoms with E-state index < -0.39 is 0 Å².